The summed E-state index contributed by atoms with van der Waals surface area (Å²) in [5.74, 6) is 0.155. The second-order valence-electron chi connectivity index (χ2n) is 2.18. The summed E-state index contributed by atoms with van der Waals surface area (Å²) in [5, 5.41) is 0. The molecule has 2 heterocycles. The smallest absolute Gasteiger partial charge is 0.325 e. The summed E-state index contributed by atoms with van der Waals surface area (Å²) in [7, 11) is 0. The van der Waals surface area contributed by atoms with Crippen LogP contribution in [-0.4, -0.2) is 19.9 Å². The third-order valence-corrected chi connectivity index (χ3v) is 2.13. The van der Waals surface area contributed by atoms with E-state index in [-0.39, 0.29) is 11.6 Å². The van der Waals surface area contributed by atoms with E-state index in [2.05, 4.69) is 19.9 Å². The lowest BCUT2D eigenvalue weighted by Gasteiger charge is -1.93. The van der Waals surface area contributed by atoms with Crippen molar-refractivity contribution in [3.05, 3.63) is 14.2 Å². The predicted molar refractivity (Wildman–Crippen MR) is 51.6 cm³/mol. The number of H-pyrrole nitrogens is 2. The minimum atomic E-state index is -0.303. The zero-order valence-electron chi connectivity index (χ0n) is 5.76. The molecule has 6 nitrogen and oxygen atoms in total. The topological polar surface area (TPSA) is 100 Å². The van der Waals surface area contributed by atoms with Crippen molar-refractivity contribution >= 4 is 39.7 Å². The Hall–Kier alpha value is -1.12. The van der Waals surface area contributed by atoms with Crippen molar-refractivity contribution in [2.75, 3.05) is 5.73 Å². The number of nitrogen functional groups attached to an aromatic ring is 1. The number of halogens is 1. The minimum Gasteiger partial charge on any atom is -0.368 e. The summed E-state index contributed by atoms with van der Waals surface area (Å²) in [5.41, 5.74) is 6.10. The maximum Gasteiger partial charge on any atom is 0.325 e. The van der Waals surface area contributed by atoms with Gasteiger partial charge in [0.05, 0.1) is 0 Å². The summed E-state index contributed by atoms with van der Waals surface area (Å²) < 4.78 is 0.633. The van der Waals surface area contributed by atoms with Crippen LogP contribution in [0.25, 0.3) is 11.2 Å². The van der Waals surface area contributed by atoms with Crippen LogP contribution < -0.4 is 11.4 Å². The summed E-state index contributed by atoms with van der Waals surface area (Å²) in [6, 6.07) is 0. The van der Waals surface area contributed by atoms with Gasteiger partial charge in [0.2, 0.25) is 5.95 Å². The fraction of sp³-hybridized carbons (Fsp3) is 0. The van der Waals surface area contributed by atoms with E-state index in [1.54, 1.807) is 0 Å². The first-order chi connectivity index (χ1) is 5.66. The van der Waals surface area contributed by atoms with E-state index in [1.165, 1.54) is 0 Å². The molecule has 4 N–H and O–H groups in total. The molecule has 0 atom stereocenters. The van der Waals surface area contributed by atoms with Crippen molar-refractivity contribution in [3.63, 3.8) is 0 Å². The number of aromatic nitrogens is 4. The Balaban J connectivity index is 2.97. The van der Waals surface area contributed by atoms with Crippen molar-refractivity contribution in [1.82, 2.24) is 19.9 Å². The average molecular weight is 277 g/mol. The van der Waals surface area contributed by atoms with Crippen molar-refractivity contribution in [1.29, 1.82) is 0 Å². The van der Waals surface area contributed by atoms with E-state index in [9.17, 15) is 4.79 Å². The first-order valence-electron chi connectivity index (χ1n) is 3.08. The summed E-state index contributed by atoms with van der Waals surface area (Å²) in [4.78, 5) is 23.6. The molecule has 2 aromatic heterocycles. The van der Waals surface area contributed by atoms with Crippen LogP contribution >= 0.6 is 22.6 Å². The second kappa shape index (κ2) is 2.44. The van der Waals surface area contributed by atoms with Crippen molar-refractivity contribution in [2.45, 2.75) is 0 Å². The Morgan fingerprint density at radius 2 is 2.08 bits per heavy atom. The minimum absolute atomic E-state index is 0.155. The molecule has 0 unspecified atom stereocenters. The van der Waals surface area contributed by atoms with Gasteiger partial charge in [-0.3, -0.25) is 4.98 Å². The van der Waals surface area contributed by atoms with Crippen LogP contribution in [0.15, 0.2) is 4.79 Å². The maximum absolute atomic E-state index is 10.8. The monoisotopic (exact) mass is 277 g/mol. The van der Waals surface area contributed by atoms with Crippen molar-refractivity contribution in [3.8, 4) is 0 Å². The van der Waals surface area contributed by atoms with Gasteiger partial charge in [-0.25, -0.2) is 9.78 Å². The number of nitrogens with one attached hydrogen (secondary N) is 2. The van der Waals surface area contributed by atoms with E-state index in [0.29, 0.717) is 14.9 Å². The molecule has 0 spiro atoms. The van der Waals surface area contributed by atoms with E-state index in [4.69, 9.17) is 5.73 Å². The molecule has 0 radical (unpaired) electrons. The Morgan fingerprint density at radius 3 is 2.83 bits per heavy atom. The lowest BCUT2D eigenvalue weighted by molar-refractivity contribution is 1.18. The number of anilines is 1. The molecule has 62 valence electrons. The molecule has 0 saturated heterocycles. The van der Waals surface area contributed by atoms with Crippen LogP contribution in [0, 0.1) is 3.70 Å². The van der Waals surface area contributed by atoms with Crippen LogP contribution in [0.1, 0.15) is 0 Å². The molecule has 7 heteroatoms. The average Bonchev–Trinajstić information content (AvgIpc) is 2.29. The summed E-state index contributed by atoms with van der Waals surface area (Å²) in [6.07, 6.45) is 0. The highest BCUT2D eigenvalue weighted by Gasteiger charge is 2.05. The molecule has 0 amide bonds. The molecule has 12 heavy (non-hydrogen) atoms. The van der Waals surface area contributed by atoms with Crippen LogP contribution in [0.4, 0.5) is 5.95 Å². The van der Waals surface area contributed by atoms with Gasteiger partial charge in [-0.2, -0.15) is 4.98 Å². The van der Waals surface area contributed by atoms with Crippen LogP contribution in [0.5, 0.6) is 0 Å². The molecule has 2 rings (SSSR count). The fourth-order valence-electron chi connectivity index (χ4n) is 0.903. The molecule has 0 bridgehead atoms. The van der Waals surface area contributed by atoms with E-state index in [1.807, 2.05) is 22.6 Å². The number of imidazole rings is 1. The number of nitrogens with zero attached hydrogens (tertiary/aromatic N) is 2. The van der Waals surface area contributed by atoms with Gasteiger partial charge in [-0.05, 0) is 22.6 Å². The number of rotatable bonds is 0. The predicted octanol–water partition coefficient (Wildman–Crippen LogP) is -0.167. The first kappa shape index (κ1) is 7.53. The highest BCUT2D eigenvalue weighted by atomic mass is 127. The molecule has 0 aromatic carbocycles. The van der Waals surface area contributed by atoms with Crippen molar-refractivity contribution in [2.24, 2.45) is 0 Å². The Bertz CT molecular complexity index is 486. The largest absolute Gasteiger partial charge is 0.368 e. The molecule has 0 fully saturated rings. The number of hydrogen-bond acceptors (Lipinski definition) is 4. The highest BCUT2D eigenvalue weighted by Crippen LogP contribution is 2.12. The van der Waals surface area contributed by atoms with Gasteiger partial charge < -0.3 is 10.7 Å². The second-order valence-corrected chi connectivity index (χ2v) is 3.20. The molecule has 0 aliphatic heterocycles. The van der Waals surface area contributed by atoms with Crippen LogP contribution in [0.3, 0.4) is 0 Å². The Morgan fingerprint density at radius 1 is 1.33 bits per heavy atom. The molecule has 2 aromatic rings. The third-order valence-electron chi connectivity index (χ3n) is 1.35. The molecular formula is C5H4IN5O. The highest BCUT2D eigenvalue weighted by molar-refractivity contribution is 14.1. The van der Waals surface area contributed by atoms with Gasteiger partial charge in [0.15, 0.2) is 5.65 Å². The third kappa shape index (κ3) is 1.05. The van der Waals surface area contributed by atoms with E-state index >= 15 is 0 Å². The zero-order valence-corrected chi connectivity index (χ0v) is 7.92. The SMILES string of the molecule is Nc1nc(I)c2[nH]c(=O)[nH]c2n1. The van der Waals surface area contributed by atoms with Crippen LogP contribution in [-0.2, 0) is 0 Å². The van der Waals surface area contributed by atoms with Gasteiger partial charge in [0.1, 0.15) is 9.22 Å². The summed E-state index contributed by atoms with van der Waals surface area (Å²) >= 11 is 1.98. The Kier molecular flexibility index (Phi) is 1.53. The number of aromatic amines is 2. The normalized spacial score (nSPS) is 10.8. The number of nitrogens with two attached hydrogens (primary N) is 1. The van der Waals surface area contributed by atoms with Gasteiger partial charge in [-0.15, -0.1) is 0 Å². The lowest BCUT2D eigenvalue weighted by atomic mass is 10.6. The fourth-order valence-corrected chi connectivity index (χ4v) is 1.54. The lowest BCUT2D eigenvalue weighted by Crippen LogP contribution is -1.99. The van der Waals surface area contributed by atoms with E-state index in [0.717, 1.165) is 0 Å². The van der Waals surface area contributed by atoms with Crippen molar-refractivity contribution < 1.29 is 0 Å². The zero-order chi connectivity index (χ0) is 8.72. The van der Waals surface area contributed by atoms with Crippen LogP contribution in [0.2, 0.25) is 0 Å². The first-order valence-corrected chi connectivity index (χ1v) is 4.15. The van der Waals surface area contributed by atoms with Gasteiger partial charge in [0.25, 0.3) is 0 Å². The standard InChI is InChI=1S/C5H4IN5O/c6-2-1-3(10-4(7)9-2)11-5(12)8-1/h(H4,7,8,9,10,11,12). The number of fused-ring (bicyclic) bond motifs is 1. The molecule has 0 saturated carbocycles. The molecule has 0 aliphatic carbocycles. The molecule has 0 aliphatic rings. The van der Waals surface area contributed by atoms with Gasteiger partial charge in [-0.1, -0.05) is 0 Å². The number of hydrogen-bond donors (Lipinski definition) is 3. The van der Waals surface area contributed by atoms with Gasteiger partial charge in [0, 0.05) is 0 Å². The maximum atomic E-state index is 10.8. The van der Waals surface area contributed by atoms with Gasteiger partial charge >= 0.3 is 5.69 Å². The summed E-state index contributed by atoms with van der Waals surface area (Å²) in [6.45, 7) is 0. The molecular weight excluding hydrogens is 273 g/mol. The quantitative estimate of drug-likeness (QED) is 0.460. The Labute approximate surface area is 79.7 Å². The van der Waals surface area contributed by atoms with E-state index < -0.39 is 0 Å².